The van der Waals surface area contributed by atoms with Crippen molar-refractivity contribution in [3.05, 3.63) is 70.2 Å². The van der Waals surface area contributed by atoms with Gasteiger partial charge in [-0.2, -0.15) is 0 Å². The molecule has 0 unspecified atom stereocenters. The van der Waals surface area contributed by atoms with Crippen molar-refractivity contribution in [2.75, 3.05) is 19.6 Å². The SMILES string of the molecule is C=CCN(CC(=O)N1CCc2sccc2[C@@H]1c1ccc(F)cc1)C(=O)CCC. The summed E-state index contributed by atoms with van der Waals surface area (Å²) in [6.45, 7) is 6.61. The third-order valence-electron chi connectivity index (χ3n) is 4.96. The van der Waals surface area contributed by atoms with Crippen molar-refractivity contribution < 1.29 is 14.0 Å². The lowest BCUT2D eigenvalue weighted by atomic mass is 9.93. The van der Waals surface area contributed by atoms with Crippen molar-refractivity contribution in [2.24, 2.45) is 0 Å². The molecule has 0 radical (unpaired) electrons. The molecule has 0 saturated carbocycles. The van der Waals surface area contributed by atoms with Crippen LogP contribution in [-0.4, -0.2) is 41.2 Å². The molecule has 0 N–H and O–H groups in total. The topological polar surface area (TPSA) is 40.6 Å². The molecule has 1 aromatic carbocycles. The largest absolute Gasteiger partial charge is 0.330 e. The van der Waals surface area contributed by atoms with E-state index >= 15 is 0 Å². The van der Waals surface area contributed by atoms with E-state index in [1.165, 1.54) is 17.0 Å². The van der Waals surface area contributed by atoms with Crippen LogP contribution in [0.15, 0.2) is 48.4 Å². The van der Waals surface area contributed by atoms with Gasteiger partial charge in [-0.1, -0.05) is 25.1 Å². The van der Waals surface area contributed by atoms with Gasteiger partial charge in [-0.3, -0.25) is 9.59 Å². The molecule has 6 heteroatoms. The minimum absolute atomic E-state index is 0.0298. The molecule has 2 heterocycles. The first-order valence-electron chi connectivity index (χ1n) is 9.55. The van der Waals surface area contributed by atoms with E-state index in [0.717, 1.165) is 24.0 Å². The van der Waals surface area contributed by atoms with E-state index in [9.17, 15) is 14.0 Å². The highest BCUT2D eigenvalue weighted by Crippen LogP contribution is 2.37. The molecule has 148 valence electrons. The molecule has 0 saturated heterocycles. The molecule has 28 heavy (non-hydrogen) atoms. The highest BCUT2D eigenvalue weighted by molar-refractivity contribution is 7.10. The zero-order chi connectivity index (χ0) is 20.1. The lowest BCUT2D eigenvalue weighted by molar-refractivity contribution is -0.141. The molecule has 0 fully saturated rings. The molecule has 3 rings (SSSR count). The number of carbonyl (C=O) groups excluding carboxylic acids is 2. The van der Waals surface area contributed by atoms with Crippen molar-refractivity contribution in [1.82, 2.24) is 9.80 Å². The molecule has 4 nitrogen and oxygen atoms in total. The third-order valence-corrected chi connectivity index (χ3v) is 5.96. The summed E-state index contributed by atoms with van der Waals surface area (Å²) in [5.41, 5.74) is 1.97. The predicted octanol–water partition coefficient (Wildman–Crippen LogP) is 4.18. The predicted molar refractivity (Wildman–Crippen MR) is 110 cm³/mol. The van der Waals surface area contributed by atoms with Crippen LogP contribution in [0.5, 0.6) is 0 Å². The van der Waals surface area contributed by atoms with E-state index in [1.54, 1.807) is 34.4 Å². The molecule has 2 aromatic rings. The van der Waals surface area contributed by atoms with Crippen LogP contribution in [0.1, 0.15) is 41.8 Å². The number of hydrogen-bond donors (Lipinski definition) is 0. The second-order valence-corrected chi connectivity index (χ2v) is 7.90. The average Bonchev–Trinajstić information content (AvgIpc) is 3.16. The molecule has 1 aliphatic rings. The molecular formula is C22H25FN2O2S. The first-order valence-corrected chi connectivity index (χ1v) is 10.4. The number of halogens is 1. The Balaban J connectivity index is 1.87. The van der Waals surface area contributed by atoms with Crippen LogP contribution < -0.4 is 0 Å². The second-order valence-electron chi connectivity index (χ2n) is 6.90. The van der Waals surface area contributed by atoms with Crippen molar-refractivity contribution in [3.63, 3.8) is 0 Å². The van der Waals surface area contributed by atoms with Gasteiger partial charge in [-0.25, -0.2) is 4.39 Å². The summed E-state index contributed by atoms with van der Waals surface area (Å²) in [7, 11) is 0. The molecule has 1 aromatic heterocycles. The summed E-state index contributed by atoms with van der Waals surface area (Å²) < 4.78 is 13.4. The Kier molecular flexibility index (Phi) is 6.62. The van der Waals surface area contributed by atoms with Crippen LogP contribution >= 0.6 is 11.3 Å². The highest BCUT2D eigenvalue weighted by atomic mass is 32.1. The Morgan fingerprint density at radius 2 is 2.07 bits per heavy atom. The number of amides is 2. The summed E-state index contributed by atoms with van der Waals surface area (Å²) >= 11 is 1.68. The molecule has 1 aliphatic heterocycles. The standard InChI is InChI=1S/C22H25FN2O2S/c1-3-5-20(26)24(12-4-2)15-21(27)25-13-10-19-18(11-14-28-19)22(25)16-6-8-17(23)9-7-16/h4,6-9,11,14,22H,2-3,5,10,12-13,15H2,1H3/t22-/m0/s1. The fraction of sp³-hybridized carbons (Fsp3) is 0.364. The minimum atomic E-state index is -0.301. The number of rotatable bonds is 7. The maximum absolute atomic E-state index is 13.4. The Morgan fingerprint density at radius 1 is 1.32 bits per heavy atom. The van der Waals surface area contributed by atoms with E-state index in [2.05, 4.69) is 6.58 Å². The van der Waals surface area contributed by atoms with E-state index in [1.807, 2.05) is 23.3 Å². The maximum atomic E-state index is 13.4. The lowest BCUT2D eigenvalue weighted by Crippen LogP contribution is -2.46. The van der Waals surface area contributed by atoms with Crippen molar-refractivity contribution in [1.29, 1.82) is 0 Å². The van der Waals surface area contributed by atoms with E-state index < -0.39 is 0 Å². The van der Waals surface area contributed by atoms with Gasteiger partial charge in [0.05, 0.1) is 6.04 Å². The highest BCUT2D eigenvalue weighted by Gasteiger charge is 2.33. The first kappa shape index (κ1) is 20.3. The van der Waals surface area contributed by atoms with Crippen molar-refractivity contribution in [3.8, 4) is 0 Å². The normalized spacial score (nSPS) is 15.8. The zero-order valence-electron chi connectivity index (χ0n) is 16.1. The Labute approximate surface area is 169 Å². The van der Waals surface area contributed by atoms with Gasteiger partial charge in [0, 0.05) is 24.4 Å². The van der Waals surface area contributed by atoms with Crippen LogP contribution in [0.3, 0.4) is 0 Å². The average molecular weight is 401 g/mol. The van der Waals surface area contributed by atoms with E-state index in [4.69, 9.17) is 0 Å². The summed E-state index contributed by atoms with van der Waals surface area (Å²) in [4.78, 5) is 30.2. The molecule has 0 aliphatic carbocycles. The maximum Gasteiger partial charge on any atom is 0.243 e. The number of hydrogen-bond acceptors (Lipinski definition) is 3. The first-order chi connectivity index (χ1) is 13.5. The third kappa shape index (κ3) is 4.33. The van der Waals surface area contributed by atoms with Crippen LogP contribution in [0.4, 0.5) is 4.39 Å². The fourth-order valence-corrected chi connectivity index (χ4v) is 4.53. The van der Waals surface area contributed by atoms with Crippen molar-refractivity contribution >= 4 is 23.2 Å². The van der Waals surface area contributed by atoms with E-state index in [0.29, 0.717) is 19.5 Å². The molecule has 2 amide bonds. The van der Waals surface area contributed by atoms with Gasteiger partial charge >= 0.3 is 0 Å². The Morgan fingerprint density at radius 3 is 2.75 bits per heavy atom. The zero-order valence-corrected chi connectivity index (χ0v) is 16.9. The quantitative estimate of drug-likeness (QED) is 0.655. The summed E-state index contributed by atoms with van der Waals surface area (Å²) in [6.07, 6.45) is 3.59. The molecule has 0 bridgehead atoms. The fourth-order valence-electron chi connectivity index (χ4n) is 3.63. The molecule has 1 atom stereocenters. The molecule has 0 spiro atoms. The number of nitrogens with zero attached hydrogens (tertiary/aromatic N) is 2. The lowest BCUT2D eigenvalue weighted by Gasteiger charge is -2.37. The summed E-state index contributed by atoms with van der Waals surface area (Å²) in [5.74, 6) is -0.440. The Hall–Kier alpha value is -2.47. The number of carbonyl (C=O) groups is 2. The summed E-state index contributed by atoms with van der Waals surface area (Å²) in [5, 5.41) is 2.03. The van der Waals surface area contributed by atoms with Crippen LogP contribution in [-0.2, 0) is 16.0 Å². The minimum Gasteiger partial charge on any atom is -0.330 e. The van der Waals surface area contributed by atoms with Gasteiger partial charge < -0.3 is 9.80 Å². The Bertz CT molecular complexity index is 846. The monoisotopic (exact) mass is 400 g/mol. The van der Waals surface area contributed by atoms with Crippen LogP contribution in [0.25, 0.3) is 0 Å². The van der Waals surface area contributed by atoms with Gasteiger partial charge in [0.15, 0.2) is 0 Å². The number of thiophene rings is 1. The number of fused-ring (bicyclic) bond motifs is 1. The van der Waals surface area contributed by atoms with Gasteiger partial charge in [0.2, 0.25) is 11.8 Å². The second kappa shape index (κ2) is 9.15. The summed E-state index contributed by atoms with van der Waals surface area (Å²) in [6, 6.07) is 8.10. The van der Waals surface area contributed by atoms with Crippen LogP contribution in [0.2, 0.25) is 0 Å². The van der Waals surface area contributed by atoms with Crippen molar-refractivity contribution in [2.45, 2.75) is 32.2 Å². The van der Waals surface area contributed by atoms with Gasteiger partial charge in [-0.15, -0.1) is 17.9 Å². The van der Waals surface area contributed by atoms with Gasteiger partial charge in [0.1, 0.15) is 12.4 Å². The molecular weight excluding hydrogens is 375 g/mol. The van der Waals surface area contributed by atoms with E-state index in [-0.39, 0.29) is 30.2 Å². The van der Waals surface area contributed by atoms with Crippen LogP contribution in [0, 0.1) is 5.82 Å². The van der Waals surface area contributed by atoms with Gasteiger partial charge in [-0.05, 0) is 47.5 Å². The smallest absolute Gasteiger partial charge is 0.243 e. The number of benzene rings is 1. The van der Waals surface area contributed by atoms with Gasteiger partial charge in [0.25, 0.3) is 0 Å².